The highest BCUT2D eigenvalue weighted by atomic mass is 16.3. The average molecular weight is 200 g/mol. The monoisotopic (exact) mass is 200 g/mol. The van der Waals surface area contributed by atoms with Gasteiger partial charge in [-0.1, -0.05) is 13.8 Å². The molecule has 3 N–H and O–H groups in total. The SMILES string of the molecule is CC(C)(CO)CNCC1CCNCC1. The molecule has 1 aliphatic heterocycles. The fourth-order valence-electron chi connectivity index (χ4n) is 1.76. The van der Waals surface area contributed by atoms with Crippen molar-refractivity contribution in [3.05, 3.63) is 0 Å². The Hall–Kier alpha value is -0.120. The molecule has 1 aliphatic rings. The van der Waals surface area contributed by atoms with Crippen LogP contribution in [-0.4, -0.2) is 37.9 Å². The topological polar surface area (TPSA) is 44.3 Å². The highest BCUT2D eigenvalue weighted by Gasteiger charge is 2.17. The summed E-state index contributed by atoms with van der Waals surface area (Å²) in [5.74, 6) is 0.825. The molecule has 0 aromatic heterocycles. The lowest BCUT2D eigenvalue weighted by atomic mass is 9.93. The number of nitrogens with one attached hydrogen (secondary N) is 2. The van der Waals surface area contributed by atoms with Gasteiger partial charge in [0.05, 0.1) is 0 Å². The molecule has 0 aromatic rings. The van der Waals surface area contributed by atoms with Crippen molar-refractivity contribution in [3.63, 3.8) is 0 Å². The van der Waals surface area contributed by atoms with Crippen LogP contribution in [0.3, 0.4) is 0 Å². The second-order valence-corrected chi connectivity index (χ2v) is 5.15. The van der Waals surface area contributed by atoms with Crippen LogP contribution in [-0.2, 0) is 0 Å². The van der Waals surface area contributed by atoms with Gasteiger partial charge >= 0.3 is 0 Å². The normalized spacial score (nSPS) is 19.9. The second kappa shape index (κ2) is 5.69. The molecule has 0 aromatic carbocycles. The molecule has 3 heteroatoms. The molecule has 1 rings (SSSR count). The molecular formula is C11H24N2O. The smallest absolute Gasteiger partial charge is 0.0494 e. The van der Waals surface area contributed by atoms with E-state index in [-0.39, 0.29) is 12.0 Å². The molecule has 1 saturated heterocycles. The number of aliphatic hydroxyl groups excluding tert-OH is 1. The molecule has 84 valence electrons. The Labute approximate surface area is 87.3 Å². The summed E-state index contributed by atoms with van der Waals surface area (Å²) in [5.41, 5.74) is 0.0208. The third-order valence-corrected chi connectivity index (χ3v) is 2.92. The Morgan fingerprint density at radius 1 is 1.36 bits per heavy atom. The fraction of sp³-hybridized carbons (Fsp3) is 1.00. The predicted octanol–water partition coefficient (Wildman–Crippen LogP) is 0.594. The van der Waals surface area contributed by atoms with E-state index in [4.69, 9.17) is 5.11 Å². The number of aliphatic hydroxyl groups is 1. The van der Waals surface area contributed by atoms with Gasteiger partial charge in [-0.05, 0) is 38.4 Å². The summed E-state index contributed by atoms with van der Waals surface area (Å²) in [4.78, 5) is 0. The molecule has 0 aliphatic carbocycles. The lowest BCUT2D eigenvalue weighted by Gasteiger charge is -2.26. The van der Waals surface area contributed by atoms with Gasteiger partial charge in [0.15, 0.2) is 0 Å². The summed E-state index contributed by atoms with van der Waals surface area (Å²) in [5, 5.41) is 15.9. The Kier molecular flexibility index (Phi) is 4.85. The van der Waals surface area contributed by atoms with Crippen molar-refractivity contribution in [2.45, 2.75) is 26.7 Å². The molecule has 1 heterocycles. The van der Waals surface area contributed by atoms with Crippen LogP contribution in [0.1, 0.15) is 26.7 Å². The summed E-state index contributed by atoms with van der Waals surface area (Å²) >= 11 is 0. The maximum atomic E-state index is 9.08. The zero-order valence-electron chi connectivity index (χ0n) is 9.47. The third kappa shape index (κ3) is 4.40. The van der Waals surface area contributed by atoms with Gasteiger partial charge in [-0.2, -0.15) is 0 Å². The largest absolute Gasteiger partial charge is 0.396 e. The lowest BCUT2D eigenvalue weighted by Crippen LogP contribution is -2.38. The molecule has 0 bridgehead atoms. The van der Waals surface area contributed by atoms with E-state index in [9.17, 15) is 0 Å². The Balaban J connectivity index is 2.08. The lowest BCUT2D eigenvalue weighted by molar-refractivity contribution is 0.154. The number of piperidine rings is 1. The van der Waals surface area contributed by atoms with E-state index in [1.165, 1.54) is 12.8 Å². The molecule has 3 nitrogen and oxygen atoms in total. The minimum Gasteiger partial charge on any atom is -0.396 e. The van der Waals surface area contributed by atoms with E-state index >= 15 is 0 Å². The van der Waals surface area contributed by atoms with Crippen LogP contribution in [0.4, 0.5) is 0 Å². The van der Waals surface area contributed by atoms with Crippen molar-refractivity contribution in [2.75, 3.05) is 32.8 Å². The first kappa shape index (κ1) is 12.0. The van der Waals surface area contributed by atoms with Gasteiger partial charge in [0.1, 0.15) is 0 Å². The van der Waals surface area contributed by atoms with E-state index in [1.807, 2.05) is 0 Å². The number of hydrogen-bond donors (Lipinski definition) is 3. The molecule has 1 fully saturated rings. The minimum absolute atomic E-state index is 0.0208. The molecule has 0 radical (unpaired) electrons. The Bertz CT molecular complexity index is 153. The van der Waals surface area contributed by atoms with E-state index in [0.717, 1.165) is 32.1 Å². The third-order valence-electron chi connectivity index (χ3n) is 2.92. The molecule has 0 saturated carbocycles. The van der Waals surface area contributed by atoms with E-state index in [1.54, 1.807) is 0 Å². The first-order chi connectivity index (χ1) is 6.64. The summed E-state index contributed by atoms with van der Waals surface area (Å²) in [6.07, 6.45) is 2.57. The van der Waals surface area contributed by atoms with Crippen molar-refractivity contribution in [1.29, 1.82) is 0 Å². The standard InChI is InChI=1S/C11H24N2O/c1-11(2,9-14)8-13-7-10-3-5-12-6-4-10/h10,12-14H,3-9H2,1-2H3. The summed E-state index contributed by atoms with van der Waals surface area (Å²) in [7, 11) is 0. The highest BCUT2D eigenvalue weighted by Crippen LogP contribution is 2.13. The van der Waals surface area contributed by atoms with Gasteiger partial charge in [0.2, 0.25) is 0 Å². The quantitative estimate of drug-likeness (QED) is 0.609. The second-order valence-electron chi connectivity index (χ2n) is 5.15. The van der Waals surface area contributed by atoms with Crippen LogP contribution < -0.4 is 10.6 Å². The number of hydrogen-bond acceptors (Lipinski definition) is 3. The zero-order valence-corrected chi connectivity index (χ0v) is 9.47. The first-order valence-corrected chi connectivity index (χ1v) is 5.66. The minimum atomic E-state index is 0.0208. The Morgan fingerprint density at radius 2 is 2.00 bits per heavy atom. The van der Waals surface area contributed by atoms with Crippen molar-refractivity contribution in [1.82, 2.24) is 10.6 Å². The summed E-state index contributed by atoms with van der Waals surface area (Å²) in [6, 6.07) is 0. The van der Waals surface area contributed by atoms with Gasteiger partial charge in [-0.15, -0.1) is 0 Å². The maximum Gasteiger partial charge on any atom is 0.0494 e. The zero-order chi connectivity index (χ0) is 10.4. The van der Waals surface area contributed by atoms with Gasteiger partial charge < -0.3 is 15.7 Å². The average Bonchev–Trinajstić information content (AvgIpc) is 2.19. The van der Waals surface area contributed by atoms with Crippen LogP contribution in [0.5, 0.6) is 0 Å². The summed E-state index contributed by atoms with van der Waals surface area (Å²) < 4.78 is 0. The van der Waals surface area contributed by atoms with Crippen molar-refractivity contribution in [3.8, 4) is 0 Å². The van der Waals surface area contributed by atoms with Crippen molar-refractivity contribution >= 4 is 0 Å². The van der Waals surface area contributed by atoms with Crippen LogP contribution >= 0.6 is 0 Å². The van der Waals surface area contributed by atoms with Gasteiger partial charge in [0.25, 0.3) is 0 Å². The van der Waals surface area contributed by atoms with E-state index in [0.29, 0.717) is 0 Å². The van der Waals surface area contributed by atoms with Crippen molar-refractivity contribution < 1.29 is 5.11 Å². The fourth-order valence-corrected chi connectivity index (χ4v) is 1.76. The molecule has 0 spiro atoms. The Morgan fingerprint density at radius 3 is 2.57 bits per heavy atom. The maximum absolute atomic E-state index is 9.08. The van der Waals surface area contributed by atoms with Crippen LogP contribution in [0.15, 0.2) is 0 Å². The number of rotatable bonds is 5. The molecule has 14 heavy (non-hydrogen) atoms. The molecule has 0 amide bonds. The van der Waals surface area contributed by atoms with Gasteiger partial charge in [0, 0.05) is 18.6 Å². The molecule has 0 atom stereocenters. The van der Waals surface area contributed by atoms with E-state index < -0.39 is 0 Å². The molecule has 0 unspecified atom stereocenters. The van der Waals surface area contributed by atoms with Crippen LogP contribution in [0.2, 0.25) is 0 Å². The molecular weight excluding hydrogens is 176 g/mol. The summed E-state index contributed by atoms with van der Waals surface area (Å²) in [6.45, 7) is 8.76. The van der Waals surface area contributed by atoms with Gasteiger partial charge in [-0.25, -0.2) is 0 Å². The highest BCUT2D eigenvalue weighted by molar-refractivity contribution is 4.74. The first-order valence-electron chi connectivity index (χ1n) is 5.66. The van der Waals surface area contributed by atoms with Crippen molar-refractivity contribution in [2.24, 2.45) is 11.3 Å². The van der Waals surface area contributed by atoms with E-state index in [2.05, 4.69) is 24.5 Å². The van der Waals surface area contributed by atoms with Crippen LogP contribution in [0.25, 0.3) is 0 Å². The predicted molar refractivity (Wildman–Crippen MR) is 59.3 cm³/mol. The van der Waals surface area contributed by atoms with Crippen LogP contribution in [0, 0.1) is 11.3 Å². The van der Waals surface area contributed by atoms with Gasteiger partial charge in [-0.3, -0.25) is 0 Å².